The lowest BCUT2D eigenvalue weighted by Gasteiger charge is -2.24. The highest BCUT2D eigenvalue weighted by atomic mass is 16.5. The van der Waals surface area contributed by atoms with Gasteiger partial charge in [-0.1, -0.05) is 13.0 Å². The molecule has 7 nitrogen and oxygen atoms in total. The summed E-state index contributed by atoms with van der Waals surface area (Å²) >= 11 is 0. The molecule has 146 valence electrons. The van der Waals surface area contributed by atoms with Crippen molar-refractivity contribution < 1.29 is 9.47 Å². The maximum absolute atomic E-state index is 5.69. The number of guanidine groups is 1. The summed E-state index contributed by atoms with van der Waals surface area (Å²) in [6.07, 6.45) is 4.27. The van der Waals surface area contributed by atoms with Crippen LogP contribution in [-0.2, 0) is 11.3 Å². The van der Waals surface area contributed by atoms with E-state index in [4.69, 9.17) is 14.5 Å². The van der Waals surface area contributed by atoms with Gasteiger partial charge in [0, 0.05) is 38.0 Å². The number of aliphatic imine (C=N–C) groups is 1. The van der Waals surface area contributed by atoms with E-state index in [-0.39, 0.29) is 0 Å². The van der Waals surface area contributed by atoms with Gasteiger partial charge in [0.2, 0.25) is 5.88 Å². The van der Waals surface area contributed by atoms with Gasteiger partial charge in [0.25, 0.3) is 0 Å². The van der Waals surface area contributed by atoms with Crippen LogP contribution in [0.3, 0.4) is 0 Å². The van der Waals surface area contributed by atoms with Crippen LogP contribution < -0.4 is 15.4 Å². The average Bonchev–Trinajstić information content (AvgIpc) is 3.12. The Morgan fingerprint density at radius 1 is 1.35 bits per heavy atom. The van der Waals surface area contributed by atoms with Crippen molar-refractivity contribution in [2.45, 2.75) is 39.3 Å². The predicted molar refractivity (Wildman–Crippen MR) is 105 cm³/mol. The first kappa shape index (κ1) is 20.5. The number of likely N-dealkylation sites (tertiary alicyclic amines) is 1. The molecule has 2 heterocycles. The molecule has 0 aliphatic carbocycles. The smallest absolute Gasteiger partial charge is 0.218 e. The number of nitrogens with one attached hydrogen (secondary N) is 2. The van der Waals surface area contributed by atoms with Gasteiger partial charge in [-0.25, -0.2) is 9.98 Å². The van der Waals surface area contributed by atoms with Gasteiger partial charge in [-0.3, -0.25) is 4.90 Å². The van der Waals surface area contributed by atoms with Crippen molar-refractivity contribution in [3.8, 4) is 5.88 Å². The number of rotatable bonds is 10. The molecule has 1 fully saturated rings. The number of likely N-dealkylation sites (N-methyl/N-ethyl adjacent to an activating group) is 1. The second-order valence-electron chi connectivity index (χ2n) is 6.31. The van der Waals surface area contributed by atoms with E-state index in [9.17, 15) is 0 Å². The zero-order valence-corrected chi connectivity index (χ0v) is 16.3. The van der Waals surface area contributed by atoms with E-state index in [0.29, 0.717) is 31.7 Å². The first-order valence-corrected chi connectivity index (χ1v) is 9.60. The number of methoxy groups -OCH3 is 1. The fraction of sp³-hybridized carbons (Fsp3) is 0.684. The molecule has 2 rings (SSSR count). The van der Waals surface area contributed by atoms with Crippen molar-refractivity contribution in [2.75, 3.05) is 46.5 Å². The molecular weight excluding hydrogens is 330 g/mol. The summed E-state index contributed by atoms with van der Waals surface area (Å²) in [4.78, 5) is 11.5. The van der Waals surface area contributed by atoms with Crippen LogP contribution in [0.4, 0.5) is 0 Å². The first-order valence-electron chi connectivity index (χ1n) is 9.60. The predicted octanol–water partition coefficient (Wildman–Crippen LogP) is 1.65. The fourth-order valence-corrected chi connectivity index (χ4v) is 3.16. The minimum atomic E-state index is 0.483. The van der Waals surface area contributed by atoms with Gasteiger partial charge in [-0.2, -0.15) is 0 Å². The van der Waals surface area contributed by atoms with Crippen LogP contribution in [0, 0.1) is 0 Å². The Bertz CT molecular complexity index is 552. The number of pyridine rings is 1. The van der Waals surface area contributed by atoms with E-state index in [1.165, 1.54) is 19.4 Å². The van der Waals surface area contributed by atoms with Crippen LogP contribution in [-0.4, -0.2) is 68.4 Å². The van der Waals surface area contributed by atoms with Crippen LogP contribution in [0.25, 0.3) is 0 Å². The third kappa shape index (κ3) is 6.46. The average molecular weight is 364 g/mol. The molecule has 1 atom stereocenters. The Hall–Kier alpha value is -1.86. The Kier molecular flexibility index (Phi) is 9.20. The molecule has 0 radical (unpaired) electrons. The van der Waals surface area contributed by atoms with Gasteiger partial charge in [-0.05, 0) is 38.9 Å². The molecule has 0 spiro atoms. The third-order valence-electron chi connectivity index (χ3n) is 4.54. The molecule has 1 aromatic rings. The molecule has 1 aromatic heterocycles. The fourth-order valence-electron chi connectivity index (χ4n) is 3.16. The van der Waals surface area contributed by atoms with E-state index >= 15 is 0 Å². The molecule has 0 saturated carbocycles. The van der Waals surface area contributed by atoms with Gasteiger partial charge < -0.3 is 20.1 Å². The van der Waals surface area contributed by atoms with Crippen LogP contribution in [0.5, 0.6) is 5.88 Å². The summed E-state index contributed by atoms with van der Waals surface area (Å²) in [5, 5.41) is 6.81. The lowest BCUT2D eigenvalue weighted by Crippen LogP contribution is -2.44. The number of nitrogens with zero attached hydrogens (tertiary/aromatic N) is 3. The Balaban J connectivity index is 1.93. The van der Waals surface area contributed by atoms with Gasteiger partial charge >= 0.3 is 0 Å². The molecule has 26 heavy (non-hydrogen) atoms. The minimum Gasteiger partial charge on any atom is -0.475 e. The highest BCUT2D eigenvalue weighted by Gasteiger charge is 2.22. The SMILES string of the molecule is CCNC(=NCc1cccnc1OCCOC)NCC1CCCN1CC. The molecule has 0 bridgehead atoms. The largest absolute Gasteiger partial charge is 0.475 e. The van der Waals surface area contributed by atoms with Crippen LogP contribution in [0.1, 0.15) is 32.3 Å². The maximum Gasteiger partial charge on any atom is 0.218 e. The number of hydrogen-bond acceptors (Lipinski definition) is 5. The number of hydrogen-bond donors (Lipinski definition) is 2. The number of ether oxygens (including phenoxy) is 2. The standard InChI is InChI=1S/C19H33N5O2/c1-4-20-19(23-15-17-9-7-11-24(17)5-2)22-14-16-8-6-10-21-18(16)26-13-12-25-3/h6,8,10,17H,4-5,7,9,11-15H2,1-3H3,(H2,20,22,23). The highest BCUT2D eigenvalue weighted by molar-refractivity contribution is 5.79. The van der Waals surface area contributed by atoms with Crippen molar-refractivity contribution in [3.05, 3.63) is 23.9 Å². The molecule has 7 heteroatoms. The van der Waals surface area contributed by atoms with Gasteiger partial charge in [-0.15, -0.1) is 0 Å². The second kappa shape index (κ2) is 11.7. The van der Waals surface area contributed by atoms with Gasteiger partial charge in [0.1, 0.15) is 6.61 Å². The monoisotopic (exact) mass is 363 g/mol. The summed E-state index contributed by atoms with van der Waals surface area (Å²) in [6.45, 7) is 9.91. The number of aromatic nitrogens is 1. The van der Waals surface area contributed by atoms with E-state index in [0.717, 1.165) is 31.2 Å². The Labute approximate surface area is 157 Å². The highest BCUT2D eigenvalue weighted by Crippen LogP contribution is 2.16. The summed E-state index contributed by atoms with van der Waals surface area (Å²) in [5.74, 6) is 1.46. The molecule has 1 saturated heterocycles. The van der Waals surface area contributed by atoms with E-state index in [1.54, 1.807) is 13.3 Å². The van der Waals surface area contributed by atoms with Crippen molar-refractivity contribution in [3.63, 3.8) is 0 Å². The maximum atomic E-state index is 5.69. The van der Waals surface area contributed by atoms with E-state index in [2.05, 4.69) is 34.4 Å². The topological polar surface area (TPSA) is 71.0 Å². The summed E-state index contributed by atoms with van der Waals surface area (Å²) in [7, 11) is 1.66. The molecule has 0 aromatic carbocycles. The summed E-state index contributed by atoms with van der Waals surface area (Å²) in [6, 6.07) is 4.50. The quantitative estimate of drug-likeness (QED) is 0.374. The lowest BCUT2D eigenvalue weighted by molar-refractivity contribution is 0.143. The van der Waals surface area contributed by atoms with Gasteiger partial charge in [0.05, 0.1) is 13.2 Å². The third-order valence-corrected chi connectivity index (χ3v) is 4.54. The molecule has 1 unspecified atom stereocenters. The Morgan fingerprint density at radius 3 is 3.00 bits per heavy atom. The molecule has 1 aliphatic rings. The first-order chi connectivity index (χ1) is 12.8. The Morgan fingerprint density at radius 2 is 2.23 bits per heavy atom. The molecule has 2 N–H and O–H groups in total. The van der Waals surface area contributed by atoms with Crippen molar-refractivity contribution >= 4 is 5.96 Å². The van der Waals surface area contributed by atoms with Crippen molar-refractivity contribution in [1.82, 2.24) is 20.5 Å². The molecular formula is C19H33N5O2. The zero-order valence-electron chi connectivity index (χ0n) is 16.3. The minimum absolute atomic E-state index is 0.483. The van der Waals surface area contributed by atoms with E-state index < -0.39 is 0 Å². The molecule has 0 amide bonds. The van der Waals surface area contributed by atoms with Crippen molar-refractivity contribution in [1.29, 1.82) is 0 Å². The zero-order chi connectivity index (χ0) is 18.6. The van der Waals surface area contributed by atoms with Crippen LogP contribution >= 0.6 is 0 Å². The van der Waals surface area contributed by atoms with Crippen LogP contribution in [0.2, 0.25) is 0 Å². The molecule has 1 aliphatic heterocycles. The van der Waals surface area contributed by atoms with Crippen molar-refractivity contribution in [2.24, 2.45) is 4.99 Å². The normalized spacial score (nSPS) is 18.1. The van der Waals surface area contributed by atoms with E-state index in [1.807, 2.05) is 12.1 Å². The van der Waals surface area contributed by atoms with Crippen LogP contribution in [0.15, 0.2) is 23.3 Å². The summed E-state index contributed by atoms with van der Waals surface area (Å²) < 4.78 is 10.7. The van der Waals surface area contributed by atoms with Gasteiger partial charge in [0.15, 0.2) is 5.96 Å². The second-order valence-corrected chi connectivity index (χ2v) is 6.31. The summed E-state index contributed by atoms with van der Waals surface area (Å²) in [5.41, 5.74) is 0.969. The lowest BCUT2D eigenvalue weighted by atomic mass is 10.2.